The highest BCUT2D eigenvalue weighted by Crippen LogP contribution is 2.25. The third-order valence-corrected chi connectivity index (χ3v) is 3.08. The molecule has 2 aromatic rings. The van der Waals surface area contributed by atoms with Gasteiger partial charge in [0.1, 0.15) is 18.1 Å². The first kappa shape index (κ1) is 14.7. The van der Waals surface area contributed by atoms with E-state index >= 15 is 0 Å². The first-order valence-electron chi connectivity index (χ1n) is 6.78. The third-order valence-electron chi connectivity index (χ3n) is 3.08. The number of ether oxygens (including phenoxy) is 2. The van der Waals surface area contributed by atoms with E-state index in [0.29, 0.717) is 30.2 Å². The Balaban J connectivity index is 2.20. The molecule has 0 bridgehead atoms. The number of hydrogen-bond donors (Lipinski definition) is 1. The molecule has 2 aromatic carbocycles. The number of hydrogen-bond acceptors (Lipinski definition) is 4. The Labute approximate surface area is 124 Å². The first-order valence-corrected chi connectivity index (χ1v) is 6.78. The molecular weight excluding hydrogens is 264 g/mol. The maximum absolute atomic E-state index is 8.95. The smallest absolute Gasteiger partial charge is 0.126 e. The lowest BCUT2D eigenvalue weighted by atomic mass is 10.1. The van der Waals surface area contributed by atoms with Crippen LogP contribution in [0.4, 0.5) is 5.69 Å². The first-order chi connectivity index (χ1) is 10.1. The Kier molecular flexibility index (Phi) is 4.68. The molecule has 2 rings (SSSR count). The predicted molar refractivity (Wildman–Crippen MR) is 82.2 cm³/mol. The maximum Gasteiger partial charge on any atom is 0.126 e. The van der Waals surface area contributed by atoms with E-state index in [9.17, 15) is 0 Å². The molecule has 0 spiro atoms. The summed E-state index contributed by atoms with van der Waals surface area (Å²) >= 11 is 0. The summed E-state index contributed by atoms with van der Waals surface area (Å²) in [6, 6.07) is 13.0. The number of benzene rings is 2. The molecule has 0 aromatic heterocycles. The van der Waals surface area contributed by atoms with Crippen molar-refractivity contribution in [1.29, 1.82) is 5.26 Å². The standard InChI is InChI=1S/C17H18N2O2/c1-3-20-16-7-6-15(19)9-14(16)11-21-17-8-13(10-18)5-4-12(17)2/h4-9H,3,11,19H2,1-2H3. The zero-order valence-electron chi connectivity index (χ0n) is 12.2. The monoisotopic (exact) mass is 282 g/mol. The van der Waals surface area contributed by atoms with Crippen molar-refractivity contribution in [2.24, 2.45) is 0 Å². The van der Waals surface area contributed by atoms with Gasteiger partial charge >= 0.3 is 0 Å². The zero-order valence-corrected chi connectivity index (χ0v) is 12.2. The van der Waals surface area contributed by atoms with Gasteiger partial charge in [-0.05, 0) is 49.7 Å². The van der Waals surface area contributed by atoms with Crippen LogP contribution < -0.4 is 15.2 Å². The SMILES string of the molecule is CCOc1ccc(N)cc1COc1cc(C#N)ccc1C. The molecule has 2 N–H and O–H groups in total. The molecule has 0 heterocycles. The fourth-order valence-corrected chi connectivity index (χ4v) is 1.99. The second kappa shape index (κ2) is 6.67. The van der Waals surface area contributed by atoms with E-state index in [0.717, 1.165) is 16.9 Å². The Hall–Kier alpha value is -2.67. The predicted octanol–water partition coefficient (Wildman–Crippen LogP) is 3.43. The van der Waals surface area contributed by atoms with Gasteiger partial charge in [-0.25, -0.2) is 0 Å². The van der Waals surface area contributed by atoms with Crippen molar-refractivity contribution in [2.75, 3.05) is 12.3 Å². The van der Waals surface area contributed by atoms with Crippen molar-refractivity contribution in [1.82, 2.24) is 0 Å². The molecule has 108 valence electrons. The number of nitrogen functional groups attached to an aromatic ring is 1. The van der Waals surface area contributed by atoms with Crippen molar-refractivity contribution in [3.05, 3.63) is 53.1 Å². The summed E-state index contributed by atoms with van der Waals surface area (Å²) < 4.78 is 11.4. The summed E-state index contributed by atoms with van der Waals surface area (Å²) in [5.74, 6) is 1.46. The molecule has 0 aliphatic heterocycles. The van der Waals surface area contributed by atoms with Crippen LogP contribution in [0.2, 0.25) is 0 Å². The van der Waals surface area contributed by atoms with E-state index in [1.807, 2.05) is 32.0 Å². The van der Waals surface area contributed by atoms with Crippen LogP contribution >= 0.6 is 0 Å². The van der Waals surface area contributed by atoms with Gasteiger partial charge in [0, 0.05) is 11.3 Å². The van der Waals surface area contributed by atoms with Gasteiger partial charge in [-0.1, -0.05) is 6.07 Å². The van der Waals surface area contributed by atoms with Crippen molar-refractivity contribution in [3.63, 3.8) is 0 Å². The number of rotatable bonds is 5. The summed E-state index contributed by atoms with van der Waals surface area (Å²) in [6.07, 6.45) is 0. The minimum Gasteiger partial charge on any atom is -0.493 e. The molecule has 0 aliphatic rings. The van der Waals surface area contributed by atoms with Gasteiger partial charge < -0.3 is 15.2 Å². The van der Waals surface area contributed by atoms with Crippen LogP contribution in [0.3, 0.4) is 0 Å². The van der Waals surface area contributed by atoms with E-state index in [-0.39, 0.29) is 0 Å². The molecule has 21 heavy (non-hydrogen) atoms. The lowest BCUT2D eigenvalue weighted by Gasteiger charge is -2.13. The Morgan fingerprint density at radius 3 is 2.62 bits per heavy atom. The van der Waals surface area contributed by atoms with Crippen molar-refractivity contribution in [2.45, 2.75) is 20.5 Å². The van der Waals surface area contributed by atoms with E-state index in [4.69, 9.17) is 20.5 Å². The molecule has 0 radical (unpaired) electrons. The lowest BCUT2D eigenvalue weighted by molar-refractivity contribution is 0.285. The van der Waals surface area contributed by atoms with Gasteiger partial charge in [-0.3, -0.25) is 0 Å². The second-order valence-corrected chi connectivity index (χ2v) is 4.68. The van der Waals surface area contributed by atoms with Crippen LogP contribution in [0.15, 0.2) is 36.4 Å². The summed E-state index contributed by atoms with van der Waals surface area (Å²) in [4.78, 5) is 0. The lowest BCUT2D eigenvalue weighted by Crippen LogP contribution is -2.03. The fourth-order valence-electron chi connectivity index (χ4n) is 1.99. The molecule has 0 saturated heterocycles. The number of aryl methyl sites for hydroxylation is 1. The van der Waals surface area contributed by atoms with Crippen LogP contribution in [0.1, 0.15) is 23.6 Å². The summed E-state index contributed by atoms with van der Waals surface area (Å²) in [5, 5.41) is 8.95. The molecule has 4 nitrogen and oxygen atoms in total. The van der Waals surface area contributed by atoms with E-state index in [1.54, 1.807) is 18.2 Å². The van der Waals surface area contributed by atoms with Gasteiger partial charge in [0.25, 0.3) is 0 Å². The Bertz CT molecular complexity index is 675. The zero-order chi connectivity index (χ0) is 15.2. The molecule has 0 amide bonds. The highest BCUT2D eigenvalue weighted by molar-refractivity contribution is 5.48. The fraction of sp³-hybridized carbons (Fsp3) is 0.235. The molecule has 0 atom stereocenters. The van der Waals surface area contributed by atoms with E-state index in [1.165, 1.54) is 0 Å². The quantitative estimate of drug-likeness (QED) is 0.853. The van der Waals surface area contributed by atoms with Crippen molar-refractivity contribution < 1.29 is 9.47 Å². The van der Waals surface area contributed by atoms with Crippen LogP contribution in [-0.2, 0) is 6.61 Å². The minimum absolute atomic E-state index is 0.343. The molecular formula is C17H18N2O2. The number of anilines is 1. The number of nitrogens with two attached hydrogens (primary N) is 1. The summed E-state index contributed by atoms with van der Waals surface area (Å²) in [5.41, 5.74) is 8.93. The van der Waals surface area contributed by atoms with E-state index in [2.05, 4.69) is 6.07 Å². The second-order valence-electron chi connectivity index (χ2n) is 4.68. The van der Waals surface area contributed by atoms with Crippen LogP contribution in [0.25, 0.3) is 0 Å². The van der Waals surface area contributed by atoms with Crippen LogP contribution in [0, 0.1) is 18.3 Å². The minimum atomic E-state index is 0.343. The molecule has 0 aliphatic carbocycles. The van der Waals surface area contributed by atoms with Gasteiger partial charge in [0.05, 0.1) is 18.2 Å². The highest BCUT2D eigenvalue weighted by Gasteiger charge is 2.07. The number of nitriles is 1. The van der Waals surface area contributed by atoms with Crippen molar-refractivity contribution >= 4 is 5.69 Å². The van der Waals surface area contributed by atoms with Crippen molar-refractivity contribution in [3.8, 4) is 17.6 Å². The summed E-state index contributed by atoms with van der Waals surface area (Å²) in [6.45, 7) is 4.80. The van der Waals surface area contributed by atoms with Gasteiger partial charge in [-0.15, -0.1) is 0 Å². The third kappa shape index (κ3) is 3.67. The van der Waals surface area contributed by atoms with Gasteiger partial charge in [0.15, 0.2) is 0 Å². The average Bonchev–Trinajstić information content (AvgIpc) is 2.49. The largest absolute Gasteiger partial charge is 0.493 e. The highest BCUT2D eigenvalue weighted by atomic mass is 16.5. The molecule has 0 fully saturated rings. The normalized spacial score (nSPS) is 9.95. The molecule has 4 heteroatoms. The molecule has 0 saturated carbocycles. The Morgan fingerprint density at radius 1 is 1.10 bits per heavy atom. The average molecular weight is 282 g/mol. The van der Waals surface area contributed by atoms with Crippen LogP contribution in [-0.4, -0.2) is 6.61 Å². The van der Waals surface area contributed by atoms with E-state index < -0.39 is 0 Å². The van der Waals surface area contributed by atoms with Gasteiger partial charge in [0.2, 0.25) is 0 Å². The maximum atomic E-state index is 8.95. The van der Waals surface area contributed by atoms with Gasteiger partial charge in [-0.2, -0.15) is 5.26 Å². The Morgan fingerprint density at radius 2 is 1.90 bits per heavy atom. The van der Waals surface area contributed by atoms with Crippen LogP contribution in [0.5, 0.6) is 11.5 Å². The summed E-state index contributed by atoms with van der Waals surface area (Å²) in [7, 11) is 0. The topological polar surface area (TPSA) is 68.3 Å². The number of nitrogens with zero attached hydrogens (tertiary/aromatic N) is 1. The molecule has 0 unspecified atom stereocenters.